The van der Waals surface area contributed by atoms with Crippen molar-refractivity contribution in [2.24, 2.45) is 5.92 Å². The van der Waals surface area contributed by atoms with Crippen LogP contribution in [0.25, 0.3) is 0 Å². The maximum atomic E-state index is 14.3. The van der Waals surface area contributed by atoms with Gasteiger partial charge in [0.15, 0.2) is 0 Å². The van der Waals surface area contributed by atoms with Crippen LogP contribution in [0.3, 0.4) is 0 Å². The molecular weight excluding hydrogens is 662 g/mol. The molecular formula is C41H53N3O8. The lowest BCUT2D eigenvalue weighted by atomic mass is 9.88. The Kier molecular flexibility index (Phi) is 13.7. The number of ether oxygens (including phenoxy) is 4. The summed E-state index contributed by atoms with van der Waals surface area (Å²) in [5.74, 6) is -0.686. The molecule has 0 aromatic heterocycles. The average molecular weight is 716 g/mol. The predicted octanol–water partition coefficient (Wildman–Crippen LogP) is 4.79. The fraction of sp³-hybridized carbons (Fsp3) is 0.488. The molecule has 11 heteroatoms. The Labute approximate surface area is 307 Å². The molecule has 5 atom stereocenters. The highest BCUT2D eigenvalue weighted by atomic mass is 16.6. The molecule has 2 aliphatic rings. The molecule has 0 bridgehead atoms. The van der Waals surface area contributed by atoms with Crippen LogP contribution in [-0.4, -0.2) is 91.3 Å². The molecule has 1 heterocycles. The Balaban J connectivity index is 1.34. The molecule has 0 saturated carbocycles. The van der Waals surface area contributed by atoms with E-state index in [1.54, 1.807) is 20.8 Å². The number of aliphatic hydroxyl groups excluding tert-OH is 1. The highest BCUT2D eigenvalue weighted by molar-refractivity contribution is 5.80. The number of nitrogens with zero attached hydrogens (tertiary/aromatic N) is 1. The number of aliphatic hydroxyl groups is 1. The number of alkyl carbamates (subject to hydrolysis) is 1. The van der Waals surface area contributed by atoms with E-state index in [1.165, 1.54) is 6.92 Å². The topological polar surface area (TPSA) is 136 Å². The molecule has 3 N–H and O–H groups in total. The Morgan fingerprint density at radius 1 is 0.923 bits per heavy atom. The van der Waals surface area contributed by atoms with E-state index in [0.717, 1.165) is 60.9 Å². The third kappa shape index (κ3) is 11.8. The second kappa shape index (κ2) is 18.3. The van der Waals surface area contributed by atoms with Crippen molar-refractivity contribution in [3.05, 3.63) is 101 Å². The van der Waals surface area contributed by atoms with E-state index in [-0.39, 0.29) is 12.3 Å². The fourth-order valence-corrected chi connectivity index (χ4v) is 6.80. The maximum Gasteiger partial charge on any atom is 0.407 e. The molecule has 5 unspecified atom stereocenters. The number of hydrogen-bond donors (Lipinski definition) is 3. The van der Waals surface area contributed by atoms with Gasteiger partial charge in [-0.05, 0) is 74.4 Å². The number of rotatable bonds is 15. The number of fused-ring (bicyclic) bond motifs is 1. The Bertz CT molecular complexity index is 1600. The molecule has 280 valence electrons. The molecule has 1 fully saturated rings. The molecule has 2 amide bonds. The van der Waals surface area contributed by atoms with Crippen LogP contribution in [0.1, 0.15) is 62.4 Å². The number of esters is 1. The first-order chi connectivity index (χ1) is 24.9. The molecule has 1 aliphatic carbocycles. The van der Waals surface area contributed by atoms with E-state index in [9.17, 15) is 19.5 Å². The molecule has 11 nitrogen and oxygen atoms in total. The number of morpholine rings is 1. The van der Waals surface area contributed by atoms with Gasteiger partial charge in [0, 0.05) is 38.9 Å². The summed E-state index contributed by atoms with van der Waals surface area (Å²) in [5, 5.41) is 17.8. The number of hydrogen-bond acceptors (Lipinski definition) is 9. The Morgan fingerprint density at radius 2 is 1.60 bits per heavy atom. The van der Waals surface area contributed by atoms with Gasteiger partial charge in [0.2, 0.25) is 5.91 Å². The van der Waals surface area contributed by atoms with Gasteiger partial charge in [-0.2, -0.15) is 0 Å². The van der Waals surface area contributed by atoms with Crippen molar-refractivity contribution in [3.63, 3.8) is 0 Å². The third-order valence-corrected chi connectivity index (χ3v) is 9.35. The average Bonchev–Trinajstić information content (AvgIpc) is 3.44. The second-order valence-electron chi connectivity index (χ2n) is 14.6. The van der Waals surface area contributed by atoms with E-state index in [0.29, 0.717) is 25.9 Å². The minimum atomic E-state index is -1.11. The Morgan fingerprint density at radius 3 is 2.29 bits per heavy atom. The van der Waals surface area contributed by atoms with Gasteiger partial charge in [0.1, 0.15) is 24.1 Å². The van der Waals surface area contributed by atoms with E-state index in [1.807, 2.05) is 78.9 Å². The van der Waals surface area contributed by atoms with Crippen LogP contribution >= 0.6 is 0 Å². The first-order valence-corrected chi connectivity index (χ1v) is 18.2. The third-order valence-electron chi connectivity index (χ3n) is 9.35. The zero-order chi connectivity index (χ0) is 37.1. The molecule has 0 radical (unpaired) electrons. The van der Waals surface area contributed by atoms with Crippen molar-refractivity contribution < 1.29 is 38.4 Å². The van der Waals surface area contributed by atoms with Gasteiger partial charge >= 0.3 is 12.1 Å². The van der Waals surface area contributed by atoms with Crippen molar-refractivity contribution in [1.82, 2.24) is 15.5 Å². The summed E-state index contributed by atoms with van der Waals surface area (Å²) in [6.45, 7) is 11.3. The summed E-state index contributed by atoms with van der Waals surface area (Å²) in [7, 11) is 0. The fourth-order valence-electron chi connectivity index (χ4n) is 6.80. The lowest BCUT2D eigenvalue weighted by Crippen LogP contribution is -2.48. The van der Waals surface area contributed by atoms with E-state index < -0.39 is 47.9 Å². The summed E-state index contributed by atoms with van der Waals surface area (Å²) in [5.41, 5.74) is 2.97. The molecule has 1 saturated heterocycles. The summed E-state index contributed by atoms with van der Waals surface area (Å²) in [6, 6.07) is 23.7. The lowest BCUT2D eigenvalue weighted by Gasteiger charge is -2.30. The van der Waals surface area contributed by atoms with Crippen molar-refractivity contribution in [1.29, 1.82) is 0 Å². The number of carbonyl (C=O) groups excluding carboxylic acids is 3. The minimum Gasteiger partial charge on any atom is -0.492 e. The standard InChI is InChI=1S/C41H53N3O8/c1-28(45)51-37-27-31-12-8-9-13-34(31)38(37)43-39(47)32(24-30-14-16-33(17-15-30)50-23-20-44-18-21-49-22-19-44)26-36(46)35(25-29-10-6-5-7-11-29)42-40(48)52-41(2,3)4/h5-17,32,35-38,46H,18-27H2,1-4H3,(H,42,48)(H,43,47). The second-order valence-corrected chi connectivity index (χ2v) is 14.6. The number of benzene rings is 3. The van der Waals surface area contributed by atoms with E-state index >= 15 is 0 Å². The molecule has 0 spiro atoms. The highest BCUT2D eigenvalue weighted by Crippen LogP contribution is 2.34. The smallest absolute Gasteiger partial charge is 0.407 e. The van der Waals surface area contributed by atoms with Crippen molar-refractivity contribution in [3.8, 4) is 5.75 Å². The maximum absolute atomic E-state index is 14.3. The number of nitrogens with one attached hydrogen (secondary N) is 2. The quantitative estimate of drug-likeness (QED) is 0.190. The first-order valence-electron chi connectivity index (χ1n) is 18.2. The number of amides is 2. The summed E-state index contributed by atoms with van der Waals surface area (Å²) >= 11 is 0. The van der Waals surface area contributed by atoms with Crippen LogP contribution < -0.4 is 15.4 Å². The van der Waals surface area contributed by atoms with Crippen LogP contribution in [0.5, 0.6) is 5.75 Å². The van der Waals surface area contributed by atoms with Crippen LogP contribution in [-0.2, 0) is 43.1 Å². The highest BCUT2D eigenvalue weighted by Gasteiger charge is 2.38. The largest absolute Gasteiger partial charge is 0.492 e. The van der Waals surface area contributed by atoms with E-state index in [4.69, 9.17) is 18.9 Å². The monoisotopic (exact) mass is 715 g/mol. The van der Waals surface area contributed by atoms with Crippen LogP contribution in [0.4, 0.5) is 4.79 Å². The van der Waals surface area contributed by atoms with Gasteiger partial charge in [-0.3, -0.25) is 14.5 Å². The van der Waals surface area contributed by atoms with Crippen molar-refractivity contribution >= 4 is 18.0 Å². The van der Waals surface area contributed by atoms with Gasteiger partial charge < -0.3 is 34.7 Å². The van der Waals surface area contributed by atoms with E-state index in [2.05, 4.69) is 15.5 Å². The molecule has 3 aromatic carbocycles. The van der Waals surface area contributed by atoms with Crippen LogP contribution in [0.2, 0.25) is 0 Å². The van der Waals surface area contributed by atoms with Gasteiger partial charge in [-0.15, -0.1) is 0 Å². The zero-order valence-electron chi connectivity index (χ0n) is 30.7. The normalized spacial score (nSPS) is 19.1. The van der Waals surface area contributed by atoms with Gasteiger partial charge in [-0.1, -0.05) is 66.7 Å². The predicted molar refractivity (Wildman–Crippen MR) is 197 cm³/mol. The van der Waals surface area contributed by atoms with Gasteiger partial charge in [0.05, 0.1) is 31.4 Å². The summed E-state index contributed by atoms with van der Waals surface area (Å²) in [6.07, 6.45) is -1.14. The SMILES string of the molecule is CC(=O)OC1Cc2ccccc2C1NC(=O)C(Cc1ccc(OCCN2CCOCC2)cc1)CC(O)C(Cc1ccccc1)NC(=O)OC(C)(C)C. The summed E-state index contributed by atoms with van der Waals surface area (Å²) in [4.78, 5) is 41.6. The summed E-state index contributed by atoms with van der Waals surface area (Å²) < 4.78 is 22.6. The molecule has 3 aromatic rings. The van der Waals surface area contributed by atoms with Crippen LogP contribution in [0.15, 0.2) is 78.9 Å². The lowest BCUT2D eigenvalue weighted by molar-refractivity contribution is -0.148. The Hall–Kier alpha value is -4.45. The van der Waals surface area contributed by atoms with Crippen molar-refractivity contribution in [2.75, 3.05) is 39.5 Å². The van der Waals surface area contributed by atoms with Crippen molar-refractivity contribution in [2.45, 2.75) is 83.3 Å². The first kappa shape index (κ1) is 38.8. The van der Waals surface area contributed by atoms with Crippen LogP contribution in [0, 0.1) is 5.92 Å². The molecule has 52 heavy (non-hydrogen) atoms. The minimum absolute atomic E-state index is 0.0452. The van der Waals surface area contributed by atoms with Gasteiger partial charge in [-0.25, -0.2) is 4.79 Å². The molecule has 1 aliphatic heterocycles. The number of carbonyl (C=O) groups is 3. The molecule has 5 rings (SSSR count). The van der Waals surface area contributed by atoms with Gasteiger partial charge in [0.25, 0.3) is 0 Å². The zero-order valence-corrected chi connectivity index (χ0v) is 30.7.